The molecule has 1 rings (SSSR count). The van der Waals surface area contributed by atoms with Crippen molar-refractivity contribution in [1.29, 1.82) is 0 Å². The van der Waals surface area contributed by atoms with Gasteiger partial charge in [-0.3, -0.25) is 0 Å². The van der Waals surface area contributed by atoms with Crippen molar-refractivity contribution in [2.75, 3.05) is 19.8 Å². The predicted molar refractivity (Wildman–Crippen MR) is 127 cm³/mol. The van der Waals surface area contributed by atoms with Gasteiger partial charge in [0.1, 0.15) is 24.4 Å². The van der Waals surface area contributed by atoms with Crippen molar-refractivity contribution in [2.24, 2.45) is 0 Å². The third kappa shape index (κ3) is 14.3. The van der Waals surface area contributed by atoms with Gasteiger partial charge in [-0.25, -0.2) is 0 Å². The van der Waals surface area contributed by atoms with Crippen molar-refractivity contribution in [3.63, 3.8) is 0 Å². The van der Waals surface area contributed by atoms with E-state index in [0.29, 0.717) is 6.61 Å². The van der Waals surface area contributed by atoms with E-state index in [9.17, 15) is 10.2 Å². The third-order valence-electron chi connectivity index (χ3n) is 6.22. The highest BCUT2D eigenvalue weighted by atomic mass is 16.6. The Balaban J connectivity index is 1.81. The van der Waals surface area contributed by atoms with E-state index in [2.05, 4.69) is 19.1 Å². The smallest absolute Gasteiger partial charge is 0.114 e. The van der Waals surface area contributed by atoms with Crippen molar-refractivity contribution in [3.8, 4) is 0 Å². The summed E-state index contributed by atoms with van der Waals surface area (Å²) in [7, 11) is 0. The maximum atomic E-state index is 10.1. The first-order valence-corrected chi connectivity index (χ1v) is 13.1. The van der Waals surface area contributed by atoms with Crippen LogP contribution in [0.5, 0.6) is 0 Å². The molecule has 0 aromatic carbocycles. The van der Waals surface area contributed by atoms with Crippen LogP contribution in [0.4, 0.5) is 0 Å². The van der Waals surface area contributed by atoms with E-state index in [4.69, 9.17) is 14.6 Å². The minimum Gasteiger partial charge on any atom is -0.394 e. The Labute approximate surface area is 191 Å². The van der Waals surface area contributed by atoms with Crippen LogP contribution in [-0.4, -0.2) is 59.6 Å². The number of aliphatic hydroxyl groups is 3. The largest absolute Gasteiger partial charge is 0.394 e. The summed E-state index contributed by atoms with van der Waals surface area (Å²) in [6.45, 7) is 2.73. The Morgan fingerprint density at radius 3 is 1.90 bits per heavy atom. The lowest BCUT2D eigenvalue weighted by Gasteiger charge is -2.20. The summed E-state index contributed by atoms with van der Waals surface area (Å²) in [4.78, 5) is 0. The summed E-state index contributed by atoms with van der Waals surface area (Å²) in [5.41, 5.74) is 0. The predicted octanol–water partition coefficient (Wildman–Crippen LogP) is 5.30. The minimum atomic E-state index is -1.05. The molecule has 0 amide bonds. The van der Waals surface area contributed by atoms with E-state index in [0.717, 1.165) is 19.3 Å². The van der Waals surface area contributed by atoms with E-state index in [-0.39, 0.29) is 6.61 Å². The van der Waals surface area contributed by atoms with Crippen LogP contribution in [0, 0.1) is 0 Å². The van der Waals surface area contributed by atoms with Crippen LogP contribution < -0.4 is 0 Å². The van der Waals surface area contributed by atoms with Gasteiger partial charge in [-0.15, -0.1) is 0 Å². The van der Waals surface area contributed by atoms with Gasteiger partial charge in [-0.05, 0) is 32.1 Å². The molecular formula is C26H50O5. The SMILES string of the molecule is CCCCCCCCCCCC/C=C/CCCCCCO[C@H]1CO[C@H]([C@H](O)CO)[C@@H]1O. The lowest BCUT2D eigenvalue weighted by atomic mass is 10.1. The summed E-state index contributed by atoms with van der Waals surface area (Å²) in [6.07, 6.45) is 22.5. The van der Waals surface area contributed by atoms with Crippen LogP contribution in [-0.2, 0) is 9.47 Å². The molecule has 184 valence electrons. The van der Waals surface area contributed by atoms with Gasteiger partial charge in [0, 0.05) is 6.61 Å². The van der Waals surface area contributed by atoms with E-state index >= 15 is 0 Å². The second-order valence-electron chi connectivity index (χ2n) is 9.09. The van der Waals surface area contributed by atoms with Crippen molar-refractivity contribution < 1.29 is 24.8 Å². The van der Waals surface area contributed by atoms with Crippen LogP contribution in [0.1, 0.15) is 110 Å². The fourth-order valence-electron chi connectivity index (χ4n) is 4.14. The second-order valence-corrected chi connectivity index (χ2v) is 9.09. The Kier molecular flexibility index (Phi) is 18.6. The van der Waals surface area contributed by atoms with Crippen molar-refractivity contribution >= 4 is 0 Å². The molecule has 1 fully saturated rings. The van der Waals surface area contributed by atoms with Crippen LogP contribution in [0.2, 0.25) is 0 Å². The van der Waals surface area contributed by atoms with Crippen LogP contribution >= 0.6 is 0 Å². The van der Waals surface area contributed by atoms with E-state index < -0.39 is 31.0 Å². The lowest BCUT2D eigenvalue weighted by molar-refractivity contribution is -0.0730. The maximum absolute atomic E-state index is 10.1. The molecule has 0 saturated carbocycles. The summed E-state index contributed by atoms with van der Waals surface area (Å²) in [5, 5.41) is 28.6. The van der Waals surface area contributed by atoms with Crippen LogP contribution in [0.15, 0.2) is 12.2 Å². The number of hydrogen-bond donors (Lipinski definition) is 3. The molecule has 3 N–H and O–H groups in total. The average molecular weight is 443 g/mol. The third-order valence-corrected chi connectivity index (χ3v) is 6.22. The topological polar surface area (TPSA) is 79.2 Å². The molecule has 5 nitrogen and oxygen atoms in total. The van der Waals surface area contributed by atoms with E-state index in [1.807, 2.05) is 0 Å². The second kappa shape index (κ2) is 20.2. The summed E-state index contributed by atoms with van der Waals surface area (Å²) < 4.78 is 11.0. The van der Waals surface area contributed by atoms with E-state index in [1.54, 1.807) is 0 Å². The van der Waals surface area contributed by atoms with Gasteiger partial charge < -0.3 is 24.8 Å². The molecule has 1 aliphatic rings. The number of ether oxygens (including phenoxy) is 2. The molecule has 0 spiro atoms. The summed E-state index contributed by atoms with van der Waals surface area (Å²) >= 11 is 0. The molecule has 0 bridgehead atoms. The van der Waals surface area contributed by atoms with Crippen LogP contribution in [0.3, 0.4) is 0 Å². The molecule has 5 heteroatoms. The standard InChI is InChI=1S/C26H50O5/c1-2-3-4-5-6-7-8-9-10-11-12-13-14-15-16-17-18-19-20-30-24-22-31-26(25(24)29)23(28)21-27/h13-14,23-29H,2-12,15-22H2,1H3/b14-13+/t23-,24+,25-,26-/m1/s1. The number of rotatable bonds is 21. The van der Waals surface area contributed by atoms with E-state index in [1.165, 1.54) is 83.5 Å². The number of allylic oxidation sites excluding steroid dienone is 2. The molecule has 1 aliphatic heterocycles. The van der Waals surface area contributed by atoms with Gasteiger partial charge in [-0.2, -0.15) is 0 Å². The molecule has 1 heterocycles. The highest BCUT2D eigenvalue weighted by Gasteiger charge is 2.40. The fourth-order valence-corrected chi connectivity index (χ4v) is 4.14. The summed E-state index contributed by atoms with van der Waals surface area (Å²) in [6, 6.07) is 0. The first-order valence-electron chi connectivity index (χ1n) is 13.1. The Bertz CT molecular complexity index is 415. The van der Waals surface area contributed by atoms with Crippen LogP contribution in [0.25, 0.3) is 0 Å². The van der Waals surface area contributed by atoms with Gasteiger partial charge in [0.2, 0.25) is 0 Å². The molecule has 4 atom stereocenters. The highest BCUT2D eigenvalue weighted by Crippen LogP contribution is 2.20. The molecule has 0 aliphatic carbocycles. The fraction of sp³-hybridized carbons (Fsp3) is 0.923. The quantitative estimate of drug-likeness (QED) is 0.166. The summed E-state index contributed by atoms with van der Waals surface area (Å²) in [5.74, 6) is 0. The van der Waals surface area contributed by atoms with Gasteiger partial charge >= 0.3 is 0 Å². The molecule has 1 saturated heterocycles. The minimum absolute atomic E-state index is 0.271. The molecule has 0 unspecified atom stereocenters. The Morgan fingerprint density at radius 2 is 1.35 bits per heavy atom. The van der Waals surface area contributed by atoms with Crippen molar-refractivity contribution in [3.05, 3.63) is 12.2 Å². The monoisotopic (exact) mass is 442 g/mol. The Hall–Kier alpha value is -0.460. The number of aliphatic hydroxyl groups excluding tert-OH is 3. The van der Waals surface area contributed by atoms with Gasteiger partial charge in [0.05, 0.1) is 13.2 Å². The Morgan fingerprint density at radius 1 is 0.839 bits per heavy atom. The van der Waals surface area contributed by atoms with Crippen molar-refractivity contribution in [2.45, 2.75) is 134 Å². The first-order chi connectivity index (χ1) is 15.2. The molecule has 0 aromatic rings. The first kappa shape index (κ1) is 28.6. The van der Waals surface area contributed by atoms with Crippen molar-refractivity contribution in [1.82, 2.24) is 0 Å². The molecule has 0 radical (unpaired) electrons. The highest BCUT2D eigenvalue weighted by molar-refractivity contribution is 4.88. The maximum Gasteiger partial charge on any atom is 0.114 e. The lowest BCUT2D eigenvalue weighted by Crippen LogP contribution is -2.41. The number of hydrogen-bond acceptors (Lipinski definition) is 5. The molecule has 31 heavy (non-hydrogen) atoms. The molecular weight excluding hydrogens is 392 g/mol. The zero-order chi connectivity index (χ0) is 22.6. The molecule has 0 aromatic heterocycles. The normalized spacial score (nSPS) is 22.5. The zero-order valence-electron chi connectivity index (χ0n) is 20.1. The zero-order valence-corrected chi connectivity index (χ0v) is 20.1. The average Bonchev–Trinajstić information content (AvgIpc) is 3.15. The van der Waals surface area contributed by atoms with Gasteiger partial charge in [0.25, 0.3) is 0 Å². The number of unbranched alkanes of at least 4 members (excludes halogenated alkanes) is 14. The van der Waals surface area contributed by atoms with Gasteiger partial charge in [-0.1, -0.05) is 89.7 Å². The van der Waals surface area contributed by atoms with Gasteiger partial charge in [0.15, 0.2) is 0 Å².